The van der Waals surface area contributed by atoms with Gasteiger partial charge in [0.2, 0.25) is 0 Å². The Kier molecular flexibility index (Phi) is 5.61. The summed E-state index contributed by atoms with van der Waals surface area (Å²) in [6, 6.07) is 4.19. The number of hydrogen-bond donors (Lipinski definition) is 1. The second-order valence-corrected chi connectivity index (χ2v) is 8.41. The molecule has 26 heavy (non-hydrogen) atoms. The van der Waals surface area contributed by atoms with Gasteiger partial charge in [0.15, 0.2) is 0 Å². The van der Waals surface area contributed by atoms with Gasteiger partial charge >= 0.3 is 0 Å². The van der Waals surface area contributed by atoms with Crippen molar-refractivity contribution in [2.45, 2.75) is 39.8 Å². The average molecular weight is 371 g/mol. The van der Waals surface area contributed by atoms with E-state index in [-0.39, 0.29) is 0 Å². The Balaban J connectivity index is 1.57. The molecule has 1 aliphatic heterocycles. The lowest BCUT2D eigenvalue weighted by Gasteiger charge is -2.35. The van der Waals surface area contributed by atoms with Gasteiger partial charge in [-0.1, -0.05) is 11.8 Å². The molecule has 5 nitrogen and oxygen atoms in total. The zero-order valence-corrected chi connectivity index (χ0v) is 16.7. The normalized spacial score (nSPS) is 15.7. The molecule has 0 saturated carbocycles. The first-order valence-electron chi connectivity index (χ1n) is 8.91. The van der Waals surface area contributed by atoms with Crippen molar-refractivity contribution in [3.63, 3.8) is 0 Å². The topological polar surface area (TPSA) is 52.5 Å². The summed E-state index contributed by atoms with van der Waals surface area (Å²) in [6.07, 6.45) is 1.66. The monoisotopic (exact) mass is 370 g/mol. The van der Waals surface area contributed by atoms with Crippen LogP contribution in [0.25, 0.3) is 0 Å². The molecule has 0 bridgehead atoms. The van der Waals surface area contributed by atoms with E-state index < -0.39 is 5.60 Å². The molecule has 0 aliphatic carbocycles. The first kappa shape index (κ1) is 18.8. The van der Waals surface area contributed by atoms with Gasteiger partial charge in [0.05, 0.1) is 4.88 Å². The van der Waals surface area contributed by atoms with E-state index in [0.29, 0.717) is 0 Å². The predicted octanol–water partition coefficient (Wildman–Crippen LogP) is 2.60. The summed E-state index contributed by atoms with van der Waals surface area (Å²) in [5.74, 6) is 7.00. The van der Waals surface area contributed by atoms with Crippen LogP contribution in [0.4, 0.5) is 5.82 Å². The third-order valence-corrected chi connectivity index (χ3v) is 5.50. The molecule has 1 saturated heterocycles. The SMILES string of the molecule is Cc1ncnc(N2CCN(Cc3ccc(C#CC(C)(C)O)s3)CC2)c1C. The molecule has 2 aromatic rings. The number of nitrogens with zero attached hydrogens (tertiary/aromatic N) is 4. The van der Waals surface area contributed by atoms with E-state index >= 15 is 0 Å². The largest absolute Gasteiger partial charge is 0.378 e. The molecular weight excluding hydrogens is 344 g/mol. The lowest BCUT2D eigenvalue weighted by Crippen LogP contribution is -2.46. The number of rotatable bonds is 3. The second kappa shape index (κ2) is 7.75. The third kappa shape index (κ3) is 4.82. The molecule has 6 heteroatoms. The first-order chi connectivity index (χ1) is 12.3. The van der Waals surface area contributed by atoms with Crippen molar-refractivity contribution in [2.75, 3.05) is 31.1 Å². The Labute approximate surface area is 159 Å². The van der Waals surface area contributed by atoms with Crippen molar-refractivity contribution in [1.29, 1.82) is 0 Å². The van der Waals surface area contributed by atoms with Crippen LogP contribution in [0.15, 0.2) is 18.5 Å². The fourth-order valence-electron chi connectivity index (χ4n) is 2.93. The molecule has 0 atom stereocenters. The number of piperazine rings is 1. The third-order valence-electron chi connectivity index (χ3n) is 4.51. The van der Waals surface area contributed by atoms with Crippen molar-refractivity contribution in [1.82, 2.24) is 14.9 Å². The summed E-state index contributed by atoms with van der Waals surface area (Å²) in [5, 5.41) is 9.71. The van der Waals surface area contributed by atoms with Crippen LogP contribution in [-0.4, -0.2) is 51.8 Å². The van der Waals surface area contributed by atoms with Gasteiger partial charge in [-0.25, -0.2) is 9.97 Å². The Morgan fingerprint density at radius 2 is 1.88 bits per heavy atom. The number of aliphatic hydroxyl groups is 1. The van der Waals surface area contributed by atoms with Crippen molar-refractivity contribution in [2.24, 2.45) is 0 Å². The standard InChI is InChI=1S/C20H26N4OS/c1-15-16(2)21-14-22-19(15)24-11-9-23(10-12-24)13-18-6-5-17(26-18)7-8-20(3,4)25/h5-6,14,25H,9-13H2,1-4H3. The van der Waals surface area contributed by atoms with Crippen LogP contribution >= 0.6 is 11.3 Å². The van der Waals surface area contributed by atoms with Gasteiger partial charge in [0.1, 0.15) is 17.7 Å². The average Bonchev–Trinajstić information content (AvgIpc) is 3.03. The zero-order chi connectivity index (χ0) is 18.7. The number of thiophene rings is 1. The molecule has 0 amide bonds. The van der Waals surface area contributed by atoms with Gasteiger partial charge in [0, 0.05) is 48.9 Å². The lowest BCUT2D eigenvalue weighted by molar-refractivity contribution is 0.143. The fraction of sp³-hybridized carbons (Fsp3) is 0.500. The molecule has 1 aliphatic rings. The van der Waals surface area contributed by atoms with E-state index in [1.165, 1.54) is 10.4 Å². The maximum atomic E-state index is 9.71. The van der Waals surface area contributed by atoms with Crippen LogP contribution in [0, 0.1) is 25.7 Å². The van der Waals surface area contributed by atoms with Crippen molar-refractivity contribution >= 4 is 17.2 Å². The number of hydrogen-bond acceptors (Lipinski definition) is 6. The zero-order valence-electron chi connectivity index (χ0n) is 15.9. The van der Waals surface area contributed by atoms with Gasteiger partial charge in [-0.15, -0.1) is 11.3 Å². The van der Waals surface area contributed by atoms with Crippen molar-refractivity contribution in [3.05, 3.63) is 39.5 Å². The van der Waals surface area contributed by atoms with E-state index in [1.807, 2.05) is 13.0 Å². The van der Waals surface area contributed by atoms with Crippen molar-refractivity contribution in [3.8, 4) is 11.8 Å². The highest BCUT2D eigenvalue weighted by Crippen LogP contribution is 2.22. The van der Waals surface area contributed by atoms with Gasteiger partial charge < -0.3 is 10.0 Å². The van der Waals surface area contributed by atoms with Crippen LogP contribution in [0.2, 0.25) is 0 Å². The Bertz CT molecular complexity index is 820. The molecule has 0 spiro atoms. The maximum absolute atomic E-state index is 9.71. The van der Waals surface area contributed by atoms with Crippen molar-refractivity contribution < 1.29 is 5.11 Å². The summed E-state index contributed by atoms with van der Waals surface area (Å²) in [7, 11) is 0. The summed E-state index contributed by atoms with van der Waals surface area (Å²) in [4.78, 5) is 15.9. The Morgan fingerprint density at radius 1 is 1.15 bits per heavy atom. The second-order valence-electron chi connectivity index (χ2n) is 7.25. The summed E-state index contributed by atoms with van der Waals surface area (Å²) < 4.78 is 0. The molecule has 3 heterocycles. The van der Waals surface area contributed by atoms with E-state index in [9.17, 15) is 5.11 Å². The molecular formula is C20H26N4OS. The Hall–Kier alpha value is -1.94. The predicted molar refractivity (Wildman–Crippen MR) is 106 cm³/mol. The van der Waals surface area contributed by atoms with Crippen LogP contribution < -0.4 is 4.90 Å². The van der Waals surface area contributed by atoms with Crippen LogP contribution in [0.3, 0.4) is 0 Å². The molecule has 3 rings (SSSR count). The first-order valence-corrected chi connectivity index (χ1v) is 9.73. The van der Waals surface area contributed by atoms with Crippen LogP contribution in [-0.2, 0) is 6.54 Å². The van der Waals surface area contributed by atoms with Gasteiger partial charge in [-0.2, -0.15) is 0 Å². The van der Waals surface area contributed by atoms with Crippen LogP contribution in [0.1, 0.15) is 34.9 Å². The molecule has 1 N–H and O–H groups in total. The summed E-state index contributed by atoms with van der Waals surface area (Å²) >= 11 is 1.71. The molecule has 138 valence electrons. The molecule has 0 radical (unpaired) electrons. The van der Waals surface area contributed by atoms with E-state index in [1.54, 1.807) is 31.5 Å². The lowest BCUT2D eigenvalue weighted by atomic mass is 10.1. The minimum absolute atomic E-state index is 0.946. The molecule has 2 aromatic heterocycles. The van der Waals surface area contributed by atoms with E-state index in [0.717, 1.165) is 49.1 Å². The highest BCUT2D eigenvalue weighted by atomic mass is 32.1. The van der Waals surface area contributed by atoms with Gasteiger partial charge in [-0.05, 0) is 39.8 Å². The number of aryl methyl sites for hydroxylation is 1. The van der Waals surface area contributed by atoms with Gasteiger partial charge in [-0.3, -0.25) is 4.90 Å². The van der Waals surface area contributed by atoms with Crippen LogP contribution in [0.5, 0.6) is 0 Å². The van der Waals surface area contributed by atoms with E-state index in [2.05, 4.69) is 44.6 Å². The van der Waals surface area contributed by atoms with E-state index in [4.69, 9.17) is 0 Å². The minimum Gasteiger partial charge on any atom is -0.378 e. The number of aromatic nitrogens is 2. The summed E-state index contributed by atoms with van der Waals surface area (Å²) in [6.45, 7) is 12.5. The highest BCUT2D eigenvalue weighted by molar-refractivity contribution is 7.12. The highest BCUT2D eigenvalue weighted by Gasteiger charge is 2.20. The maximum Gasteiger partial charge on any atom is 0.135 e. The smallest absolute Gasteiger partial charge is 0.135 e. The fourth-order valence-corrected chi connectivity index (χ4v) is 3.83. The molecule has 0 aromatic carbocycles. The minimum atomic E-state index is -0.946. The quantitative estimate of drug-likeness (QED) is 0.842. The Morgan fingerprint density at radius 3 is 2.58 bits per heavy atom. The number of anilines is 1. The summed E-state index contributed by atoms with van der Waals surface area (Å²) in [5.41, 5.74) is 1.28. The van der Waals surface area contributed by atoms with Gasteiger partial charge in [0.25, 0.3) is 0 Å². The molecule has 0 unspecified atom stereocenters. The molecule has 1 fully saturated rings.